The molecule has 0 aromatic heterocycles. The minimum atomic E-state index is -0.237. The molecule has 0 aliphatic carbocycles. The summed E-state index contributed by atoms with van der Waals surface area (Å²) in [6.07, 6.45) is 1.74. The van der Waals surface area contributed by atoms with Gasteiger partial charge in [-0.1, -0.05) is 36.4 Å². The van der Waals surface area contributed by atoms with Gasteiger partial charge in [-0.25, -0.2) is 0 Å². The molecule has 0 spiro atoms. The number of aryl methyl sites for hydroxylation is 1. The molecule has 1 saturated heterocycles. The summed E-state index contributed by atoms with van der Waals surface area (Å²) in [4.78, 5) is 27.5. The molecule has 2 aromatic rings. The fourth-order valence-corrected chi connectivity index (χ4v) is 4.19. The van der Waals surface area contributed by atoms with Crippen LogP contribution in [0.15, 0.2) is 48.5 Å². The van der Waals surface area contributed by atoms with Gasteiger partial charge in [-0.3, -0.25) is 9.59 Å². The zero-order chi connectivity index (χ0) is 20.8. The molecule has 0 unspecified atom stereocenters. The first-order valence-corrected chi connectivity index (χ1v) is 10.3. The van der Waals surface area contributed by atoms with Gasteiger partial charge in [-0.2, -0.15) is 0 Å². The third kappa shape index (κ3) is 4.78. The van der Waals surface area contributed by atoms with E-state index in [4.69, 9.17) is 4.74 Å². The normalized spacial score (nSPS) is 19.1. The first kappa shape index (κ1) is 20.9. The smallest absolute Gasteiger partial charge is 0.225 e. The quantitative estimate of drug-likeness (QED) is 0.780. The van der Waals surface area contributed by atoms with Crippen LogP contribution in [-0.4, -0.2) is 36.9 Å². The maximum Gasteiger partial charge on any atom is 0.225 e. The maximum atomic E-state index is 13.1. The van der Waals surface area contributed by atoms with Crippen molar-refractivity contribution in [2.75, 3.05) is 20.2 Å². The Balaban J connectivity index is 1.73. The van der Waals surface area contributed by atoms with E-state index < -0.39 is 0 Å². The topological polar surface area (TPSA) is 58.6 Å². The number of amides is 2. The van der Waals surface area contributed by atoms with Crippen molar-refractivity contribution < 1.29 is 14.3 Å². The maximum absolute atomic E-state index is 13.1. The number of carbonyl (C=O) groups excluding carboxylic acids is 2. The van der Waals surface area contributed by atoms with E-state index in [1.54, 1.807) is 7.11 Å². The molecule has 5 nitrogen and oxygen atoms in total. The number of hydrogen-bond donors (Lipinski definition) is 1. The van der Waals surface area contributed by atoms with Crippen molar-refractivity contribution in [3.8, 4) is 5.75 Å². The third-order valence-corrected chi connectivity index (χ3v) is 5.74. The van der Waals surface area contributed by atoms with Crippen LogP contribution in [0.5, 0.6) is 5.75 Å². The average Bonchev–Trinajstić information content (AvgIpc) is 2.74. The van der Waals surface area contributed by atoms with Crippen molar-refractivity contribution in [2.24, 2.45) is 5.92 Å². The Hall–Kier alpha value is -2.82. The van der Waals surface area contributed by atoms with Crippen LogP contribution in [0.2, 0.25) is 0 Å². The Kier molecular flexibility index (Phi) is 6.91. The number of ether oxygens (including phenoxy) is 1. The Morgan fingerprint density at radius 3 is 2.72 bits per heavy atom. The van der Waals surface area contributed by atoms with Crippen molar-refractivity contribution in [3.05, 3.63) is 65.2 Å². The third-order valence-electron chi connectivity index (χ3n) is 5.74. The number of nitrogens with zero attached hydrogens (tertiary/aromatic N) is 1. The van der Waals surface area contributed by atoms with Crippen LogP contribution in [0, 0.1) is 12.8 Å². The molecule has 29 heavy (non-hydrogen) atoms. The highest BCUT2D eigenvalue weighted by molar-refractivity contribution is 5.85. The molecule has 1 fully saturated rings. The van der Waals surface area contributed by atoms with E-state index in [1.165, 1.54) is 0 Å². The van der Waals surface area contributed by atoms with E-state index in [9.17, 15) is 9.59 Å². The van der Waals surface area contributed by atoms with E-state index >= 15 is 0 Å². The van der Waals surface area contributed by atoms with Gasteiger partial charge in [-0.05, 0) is 55.5 Å². The molecule has 1 aliphatic rings. The zero-order valence-electron chi connectivity index (χ0n) is 17.5. The number of benzene rings is 2. The lowest BCUT2D eigenvalue weighted by Crippen LogP contribution is -2.48. The predicted octanol–water partition coefficient (Wildman–Crippen LogP) is 3.66. The Morgan fingerprint density at radius 2 is 2.00 bits per heavy atom. The van der Waals surface area contributed by atoms with Crippen LogP contribution >= 0.6 is 0 Å². The SMILES string of the molecule is CCN1C(=O)CC[C@@H](C(=O)NCCc2cccc(OC)c2)[C@@H]1c1ccccc1C. The first-order chi connectivity index (χ1) is 14.0. The Bertz CT molecular complexity index is 865. The lowest BCUT2D eigenvalue weighted by atomic mass is 9.82. The van der Waals surface area contributed by atoms with Gasteiger partial charge in [0.1, 0.15) is 5.75 Å². The van der Waals surface area contributed by atoms with E-state index in [-0.39, 0.29) is 23.8 Å². The van der Waals surface area contributed by atoms with Gasteiger partial charge in [0.05, 0.1) is 19.1 Å². The van der Waals surface area contributed by atoms with Crippen LogP contribution in [0.1, 0.15) is 42.5 Å². The number of nitrogens with one attached hydrogen (secondary N) is 1. The fourth-order valence-electron chi connectivity index (χ4n) is 4.19. The number of piperidine rings is 1. The van der Waals surface area contributed by atoms with Crippen molar-refractivity contribution in [2.45, 2.75) is 39.2 Å². The average molecular weight is 395 g/mol. The number of hydrogen-bond acceptors (Lipinski definition) is 3. The van der Waals surface area contributed by atoms with Crippen molar-refractivity contribution in [1.82, 2.24) is 10.2 Å². The second-order valence-corrected chi connectivity index (χ2v) is 7.52. The summed E-state index contributed by atoms with van der Waals surface area (Å²) in [6, 6.07) is 15.7. The summed E-state index contributed by atoms with van der Waals surface area (Å²) >= 11 is 0. The van der Waals surface area contributed by atoms with Gasteiger partial charge in [0.25, 0.3) is 0 Å². The monoisotopic (exact) mass is 394 g/mol. The molecule has 0 saturated carbocycles. The summed E-state index contributed by atoms with van der Waals surface area (Å²) < 4.78 is 5.26. The largest absolute Gasteiger partial charge is 0.497 e. The van der Waals surface area contributed by atoms with E-state index in [0.29, 0.717) is 25.9 Å². The number of rotatable bonds is 7. The number of methoxy groups -OCH3 is 1. The molecule has 0 bridgehead atoms. The van der Waals surface area contributed by atoms with Crippen molar-refractivity contribution in [1.29, 1.82) is 0 Å². The summed E-state index contributed by atoms with van der Waals surface area (Å²) in [6.45, 7) is 5.18. The fraction of sp³-hybridized carbons (Fsp3) is 0.417. The molecule has 2 atom stereocenters. The molecular weight excluding hydrogens is 364 g/mol. The van der Waals surface area contributed by atoms with Crippen LogP contribution < -0.4 is 10.1 Å². The van der Waals surface area contributed by atoms with Gasteiger partial charge in [-0.15, -0.1) is 0 Å². The molecule has 154 valence electrons. The van der Waals surface area contributed by atoms with E-state index in [1.807, 2.05) is 67.3 Å². The van der Waals surface area contributed by atoms with Crippen molar-refractivity contribution in [3.63, 3.8) is 0 Å². The summed E-state index contributed by atoms with van der Waals surface area (Å²) in [7, 11) is 1.65. The minimum Gasteiger partial charge on any atom is -0.497 e. The minimum absolute atomic E-state index is 0.0205. The predicted molar refractivity (Wildman–Crippen MR) is 114 cm³/mol. The van der Waals surface area contributed by atoms with E-state index in [0.717, 1.165) is 28.9 Å². The van der Waals surface area contributed by atoms with Crippen LogP contribution in [0.25, 0.3) is 0 Å². The summed E-state index contributed by atoms with van der Waals surface area (Å²) in [5, 5.41) is 3.10. The molecule has 1 aliphatic heterocycles. The highest BCUT2D eigenvalue weighted by atomic mass is 16.5. The molecule has 2 aromatic carbocycles. The Morgan fingerprint density at radius 1 is 1.21 bits per heavy atom. The standard InChI is InChI=1S/C24H30N2O3/c1-4-26-22(27)13-12-21(23(26)20-11-6-5-8-17(20)2)24(28)25-15-14-18-9-7-10-19(16-18)29-3/h5-11,16,21,23H,4,12-15H2,1-3H3,(H,25,28)/t21-,23+/m1/s1. The summed E-state index contributed by atoms with van der Waals surface area (Å²) in [5.41, 5.74) is 3.30. The van der Waals surface area contributed by atoms with E-state index in [2.05, 4.69) is 5.32 Å². The highest BCUT2D eigenvalue weighted by Crippen LogP contribution is 2.38. The molecule has 2 amide bonds. The number of carbonyl (C=O) groups is 2. The van der Waals surface area contributed by atoms with Gasteiger partial charge < -0.3 is 15.0 Å². The van der Waals surface area contributed by atoms with Gasteiger partial charge in [0.2, 0.25) is 11.8 Å². The summed E-state index contributed by atoms with van der Waals surface area (Å²) in [5.74, 6) is 0.727. The van der Waals surface area contributed by atoms with Crippen LogP contribution in [-0.2, 0) is 16.0 Å². The molecular formula is C24H30N2O3. The van der Waals surface area contributed by atoms with Gasteiger partial charge in [0, 0.05) is 19.5 Å². The molecule has 1 N–H and O–H groups in total. The van der Waals surface area contributed by atoms with Gasteiger partial charge in [0.15, 0.2) is 0 Å². The lowest BCUT2D eigenvalue weighted by molar-refractivity contribution is -0.143. The van der Waals surface area contributed by atoms with Crippen LogP contribution in [0.4, 0.5) is 0 Å². The molecule has 0 radical (unpaired) electrons. The second-order valence-electron chi connectivity index (χ2n) is 7.52. The second kappa shape index (κ2) is 9.59. The van der Waals surface area contributed by atoms with Crippen molar-refractivity contribution >= 4 is 11.8 Å². The molecule has 1 heterocycles. The molecule has 3 rings (SSSR count). The first-order valence-electron chi connectivity index (χ1n) is 10.3. The lowest BCUT2D eigenvalue weighted by Gasteiger charge is -2.41. The van der Waals surface area contributed by atoms with Gasteiger partial charge >= 0.3 is 0 Å². The Labute approximate surface area is 173 Å². The highest BCUT2D eigenvalue weighted by Gasteiger charge is 2.40. The number of likely N-dealkylation sites (tertiary alicyclic amines) is 1. The van der Waals surface area contributed by atoms with Crippen LogP contribution in [0.3, 0.4) is 0 Å². The molecule has 5 heteroatoms. The zero-order valence-corrected chi connectivity index (χ0v) is 17.5.